The standard InChI is InChI=1S/C35H34N6O5.C32H30N6O4.C26H29N5O2.3CH4/c1-44-27-15-26(16-28(18-27)45-2)40(11-12-41-34(42)29-5-3-4-6-30(29)35(41)43)25-7-8-31-32(17-25)38-33(20-36-31)24-19-37-39(22-24)21-23-9-13-46-14-10-23;1-4-11-36-20-21(18-34-36)30-19-33-28-10-9-22(16-29(28)35-30)37(23-14-24(41-2)17-25(15-23)42-3)12-13-38-31(39)26-7-5-6-8-27(26)32(38)40;1-30-17-20(14-28-30)26-15-27-24-7-6-21(13-25(24)29-26)31(16-18-4-5-18)22-10-19(8-9-32-2)11-23(12-22)33-3;;;/h3-8,15-20,22-23H,9-14,21H2,1-2H3;5-10,14-20H,4,11-13H2,1-3H3;6-7,10-15,17-18H,4-5,8-9,16H2,1-3H3;3*1H4. The fourth-order valence-electron chi connectivity index (χ4n) is 15.3. The first-order chi connectivity index (χ1) is 59.1. The minimum absolute atomic E-state index is 0. The predicted octanol–water partition coefficient (Wildman–Crippen LogP) is 17.4. The zero-order valence-corrected chi connectivity index (χ0v) is 68.8. The monoisotopic (exact) mass is 1670 g/mol. The van der Waals surface area contributed by atoms with E-state index in [1.54, 1.807) is 127 Å². The van der Waals surface area contributed by atoms with E-state index in [4.69, 9.17) is 53.1 Å². The van der Waals surface area contributed by atoms with Crippen molar-refractivity contribution in [3.8, 4) is 62.5 Å². The summed E-state index contributed by atoms with van der Waals surface area (Å²) in [6, 6.07) is 49.4. The van der Waals surface area contributed by atoms with Crippen LogP contribution in [-0.2, 0) is 36.0 Å². The Morgan fingerprint density at radius 1 is 0.403 bits per heavy atom. The van der Waals surface area contributed by atoms with E-state index in [0.29, 0.717) is 87.8 Å². The maximum Gasteiger partial charge on any atom is 0.261 e. The first-order valence-electron chi connectivity index (χ1n) is 40.4. The van der Waals surface area contributed by atoms with Crippen molar-refractivity contribution < 1.29 is 52.3 Å². The summed E-state index contributed by atoms with van der Waals surface area (Å²) < 4.78 is 44.3. The van der Waals surface area contributed by atoms with Crippen molar-refractivity contribution in [1.82, 2.24) is 69.0 Å². The van der Waals surface area contributed by atoms with Gasteiger partial charge in [-0.2, -0.15) is 15.3 Å². The van der Waals surface area contributed by atoms with Gasteiger partial charge < -0.3 is 47.9 Å². The largest absolute Gasteiger partial charge is 0.497 e. The number of aromatic nitrogens is 12. The summed E-state index contributed by atoms with van der Waals surface area (Å²) in [6.07, 6.45) is 23.2. The zero-order valence-electron chi connectivity index (χ0n) is 68.8. The second-order valence-electron chi connectivity index (χ2n) is 30.1. The highest BCUT2D eigenvalue weighted by Gasteiger charge is 2.37. The number of ether oxygens (including phenoxy) is 7. The van der Waals surface area contributed by atoms with E-state index in [1.807, 2.05) is 124 Å². The number of benzene rings is 8. The van der Waals surface area contributed by atoms with Crippen LogP contribution in [0.2, 0.25) is 0 Å². The van der Waals surface area contributed by atoms with Gasteiger partial charge in [-0.1, -0.05) is 53.5 Å². The van der Waals surface area contributed by atoms with Crippen LogP contribution in [0.1, 0.15) is 108 Å². The first-order valence-corrected chi connectivity index (χ1v) is 40.4. The van der Waals surface area contributed by atoms with Crippen molar-refractivity contribution >= 4 is 90.9 Å². The molecule has 2 fully saturated rings. The Morgan fingerprint density at radius 3 is 1.20 bits per heavy atom. The average molecular weight is 1670 g/mol. The van der Waals surface area contributed by atoms with Gasteiger partial charge in [0.25, 0.3) is 23.6 Å². The number of fused-ring (bicyclic) bond motifs is 5. The van der Waals surface area contributed by atoms with E-state index in [1.165, 1.54) is 28.2 Å². The van der Waals surface area contributed by atoms with Crippen LogP contribution in [0.3, 0.4) is 0 Å². The quantitative estimate of drug-likeness (QED) is 0.0394. The van der Waals surface area contributed by atoms with Gasteiger partial charge >= 0.3 is 0 Å². The van der Waals surface area contributed by atoms with Gasteiger partial charge in [-0.05, 0) is 147 Å². The third kappa shape index (κ3) is 19.6. The summed E-state index contributed by atoms with van der Waals surface area (Å²) in [6.45, 7) is 8.02. The number of rotatable bonds is 29. The third-order valence-corrected chi connectivity index (χ3v) is 22.0. The molecule has 124 heavy (non-hydrogen) atoms. The van der Waals surface area contributed by atoms with Gasteiger partial charge in [-0.3, -0.25) is 58.0 Å². The smallest absolute Gasteiger partial charge is 0.261 e. The second-order valence-corrected chi connectivity index (χ2v) is 30.1. The number of imide groups is 2. The maximum absolute atomic E-state index is 13.2. The van der Waals surface area contributed by atoms with Crippen LogP contribution in [0.4, 0.5) is 34.1 Å². The minimum Gasteiger partial charge on any atom is -0.497 e. The minimum atomic E-state index is -0.296. The molecule has 6 aromatic heterocycles. The molecule has 640 valence electrons. The van der Waals surface area contributed by atoms with Crippen LogP contribution in [0.15, 0.2) is 213 Å². The van der Waals surface area contributed by atoms with Gasteiger partial charge in [-0.15, -0.1) is 0 Å². The van der Waals surface area contributed by atoms with Crippen molar-refractivity contribution in [3.05, 3.63) is 241 Å². The average Bonchev–Trinajstić information content (AvgIpc) is 1.51. The van der Waals surface area contributed by atoms with E-state index in [-0.39, 0.29) is 59.0 Å². The van der Waals surface area contributed by atoms with Crippen LogP contribution in [0.25, 0.3) is 66.9 Å². The fraction of sp³-hybridized carbons (Fsp3) is 0.302. The molecule has 14 aromatic rings. The number of carbonyl (C=O) groups excluding carboxylic acids is 4. The zero-order chi connectivity index (χ0) is 83.6. The number of amides is 4. The molecule has 0 unspecified atom stereocenters. The maximum atomic E-state index is 13.2. The lowest BCUT2D eigenvalue weighted by atomic mass is 10.0. The number of methoxy groups -OCH3 is 6. The lowest BCUT2D eigenvalue weighted by Gasteiger charge is -2.28. The Morgan fingerprint density at radius 2 is 0.798 bits per heavy atom. The molecule has 0 atom stereocenters. The highest BCUT2D eigenvalue weighted by molar-refractivity contribution is 6.22. The highest BCUT2D eigenvalue weighted by atomic mass is 16.5. The van der Waals surface area contributed by atoms with E-state index >= 15 is 0 Å². The van der Waals surface area contributed by atoms with Crippen molar-refractivity contribution in [2.45, 2.75) is 80.8 Å². The van der Waals surface area contributed by atoms with E-state index < -0.39 is 0 Å². The first kappa shape index (κ1) is 87.8. The van der Waals surface area contributed by atoms with Crippen molar-refractivity contribution in [2.24, 2.45) is 18.9 Å². The van der Waals surface area contributed by atoms with E-state index in [2.05, 4.69) is 73.5 Å². The molecule has 4 aliphatic rings. The Labute approximate surface area is 721 Å². The molecule has 1 saturated carbocycles. The molecule has 4 amide bonds. The third-order valence-electron chi connectivity index (χ3n) is 22.0. The Bertz CT molecular complexity index is 6020. The number of hydrogen-bond donors (Lipinski definition) is 0. The SMILES string of the molecule is C.C.C.CCCn1cc(-c2cnc3ccc(N(CCN4C(=O)c5ccccc5C4=O)c4cc(OC)cc(OC)c4)cc3n2)cn1.COCCc1cc(OC)cc(N(CC2CC2)c2ccc3ncc(-c4cnn(C)c4)nc3c2)c1.COc1cc(OC)cc(N(CCN2C(=O)c3ccccc3C2=O)c2ccc3ncc(-c4cnn(CC5CCOCC5)c4)nc3c2)c1. The summed E-state index contributed by atoms with van der Waals surface area (Å²) >= 11 is 0. The molecular formula is C96H105N17O11. The second kappa shape index (κ2) is 39.7. The van der Waals surface area contributed by atoms with Gasteiger partial charge in [0.2, 0.25) is 0 Å². The molecule has 28 nitrogen and oxygen atoms in total. The molecule has 0 radical (unpaired) electrons. The lowest BCUT2D eigenvalue weighted by Crippen LogP contribution is -2.36. The van der Waals surface area contributed by atoms with Gasteiger partial charge in [0.05, 0.1) is 152 Å². The fourth-order valence-corrected chi connectivity index (χ4v) is 15.3. The molecule has 1 aliphatic carbocycles. The van der Waals surface area contributed by atoms with Gasteiger partial charge in [0, 0.05) is 185 Å². The van der Waals surface area contributed by atoms with Crippen LogP contribution in [0, 0.1) is 11.8 Å². The summed E-state index contributed by atoms with van der Waals surface area (Å²) in [7, 11) is 11.7. The number of anilines is 6. The summed E-state index contributed by atoms with van der Waals surface area (Å²) in [5.41, 5.74) is 17.9. The van der Waals surface area contributed by atoms with Crippen LogP contribution < -0.4 is 38.4 Å². The summed E-state index contributed by atoms with van der Waals surface area (Å²) in [5, 5.41) is 13.3. The molecule has 28 heteroatoms. The number of carbonyl (C=O) groups is 4. The molecule has 8 aromatic carbocycles. The van der Waals surface area contributed by atoms with Crippen molar-refractivity contribution in [1.29, 1.82) is 0 Å². The summed E-state index contributed by atoms with van der Waals surface area (Å²) in [5.74, 6) is 3.39. The van der Waals surface area contributed by atoms with E-state index in [0.717, 1.165) is 154 Å². The Balaban J connectivity index is 0.000000160. The van der Waals surface area contributed by atoms with Crippen molar-refractivity contribution in [3.63, 3.8) is 0 Å². The van der Waals surface area contributed by atoms with Gasteiger partial charge in [0.15, 0.2) is 0 Å². The topological polar surface area (TPSA) is 280 Å². The highest BCUT2D eigenvalue weighted by Crippen LogP contribution is 2.41. The van der Waals surface area contributed by atoms with Crippen LogP contribution in [-0.4, -0.2) is 188 Å². The molecular weight excluding hydrogens is 1570 g/mol. The van der Waals surface area contributed by atoms with Crippen molar-refractivity contribution in [2.75, 3.05) is 110 Å². The Hall–Kier alpha value is -14.0. The van der Waals surface area contributed by atoms with Gasteiger partial charge in [-0.25, -0.2) is 15.0 Å². The summed E-state index contributed by atoms with van der Waals surface area (Å²) in [4.78, 5) is 90.3. The number of hydrogen-bond acceptors (Lipinski definition) is 23. The molecule has 0 spiro atoms. The lowest BCUT2D eigenvalue weighted by molar-refractivity contribution is 0.0601. The molecule has 0 bridgehead atoms. The van der Waals surface area contributed by atoms with Crippen LogP contribution in [0.5, 0.6) is 28.7 Å². The van der Waals surface area contributed by atoms with E-state index in [9.17, 15) is 19.2 Å². The molecule has 0 N–H and O–H groups in total. The molecule has 18 rings (SSSR count). The molecule has 3 aliphatic heterocycles. The predicted molar refractivity (Wildman–Crippen MR) is 482 cm³/mol. The van der Waals surface area contributed by atoms with Gasteiger partial charge in [0.1, 0.15) is 28.7 Å². The Kier molecular flexibility index (Phi) is 28.1. The number of nitrogens with zero attached hydrogens (tertiary/aromatic N) is 17. The molecule has 1 saturated heterocycles. The van der Waals surface area contributed by atoms with Crippen LogP contribution >= 0.6 is 0 Å². The molecule has 9 heterocycles. The number of aryl methyl sites for hydroxylation is 2. The normalized spacial score (nSPS) is 13.4.